The SMILES string of the molecule is O=C(Nc1cc(Cl)c(O)cc1F)c1cccnc1. The summed E-state index contributed by atoms with van der Waals surface area (Å²) >= 11 is 5.63. The Bertz CT molecular complexity index is 590. The van der Waals surface area contributed by atoms with Crippen LogP contribution in [0.5, 0.6) is 5.75 Å². The van der Waals surface area contributed by atoms with Crippen LogP contribution in [0.25, 0.3) is 0 Å². The fourth-order valence-corrected chi connectivity index (χ4v) is 1.49. The molecule has 0 unspecified atom stereocenters. The van der Waals surface area contributed by atoms with Crippen molar-refractivity contribution >= 4 is 23.2 Å². The van der Waals surface area contributed by atoms with Crippen LogP contribution in [-0.2, 0) is 0 Å². The van der Waals surface area contributed by atoms with Gasteiger partial charge < -0.3 is 10.4 Å². The van der Waals surface area contributed by atoms with Gasteiger partial charge in [-0.15, -0.1) is 0 Å². The van der Waals surface area contributed by atoms with E-state index in [9.17, 15) is 14.3 Å². The van der Waals surface area contributed by atoms with Crippen molar-refractivity contribution in [2.75, 3.05) is 5.32 Å². The molecule has 92 valence electrons. The first-order chi connectivity index (χ1) is 8.58. The minimum Gasteiger partial charge on any atom is -0.506 e. The van der Waals surface area contributed by atoms with Crippen LogP contribution >= 0.6 is 11.6 Å². The van der Waals surface area contributed by atoms with Gasteiger partial charge in [-0.25, -0.2) is 4.39 Å². The Morgan fingerprint density at radius 1 is 1.44 bits per heavy atom. The second-order valence-corrected chi connectivity index (χ2v) is 3.89. The molecule has 0 atom stereocenters. The quantitative estimate of drug-likeness (QED) is 0.822. The Labute approximate surface area is 107 Å². The number of carbonyl (C=O) groups is 1. The number of halogens is 2. The van der Waals surface area contributed by atoms with Crippen LogP contribution in [-0.4, -0.2) is 16.0 Å². The number of phenols is 1. The van der Waals surface area contributed by atoms with Crippen molar-refractivity contribution in [3.8, 4) is 5.75 Å². The van der Waals surface area contributed by atoms with Crippen molar-refractivity contribution in [3.63, 3.8) is 0 Å². The number of nitrogens with zero attached hydrogens (tertiary/aromatic N) is 1. The summed E-state index contributed by atoms with van der Waals surface area (Å²) in [6, 6.07) is 5.11. The second-order valence-electron chi connectivity index (χ2n) is 3.48. The first-order valence-corrected chi connectivity index (χ1v) is 5.35. The summed E-state index contributed by atoms with van der Waals surface area (Å²) in [5.41, 5.74) is 0.188. The van der Waals surface area contributed by atoms with Crippen molar-refractivity contribution in [1.29, 1.82) is 0 Å². The lowest BCUT2D eigenvalue weighted by molar-refractivity contribution is 0.102. The number of aromatic hydroxyl groups is 1. The normalized spacial score (nSPS) is 10.1. The molecule has 1 aromatic heterocycles. The molecule has 0 bridgehead atoms. The number of pyridine rings is 1. The summed E-state index contributed by atoms with van der Waals surface area (Å²) in [6.07, 6.45) is 2.88. The molecule has 2 rings (SSSR count). The molecule has 18 heavy (non-hydrogen) atoms. The van der Waals surface area contributed by atoms with Crippen molar-refractivity contribution < 1.29 is 14.3 Å². The van der Waals surface area contributed by atoms with Gasteiger partial charge >= 0.3 is 0 Å². The summed E-state index contributed by atoms with van der Waals surface area (Å²) < 4.78 is 13.5. The molecule has 2 aromatic rings. The zero-order valence-corrected chi connectivity index (χ0v) is 9.78. The van der Waals surface area contributed by atoms with E-state index in [1.54, 1.807) is 12.1 Å². The molecular weight excluding hydrogens is 259 g/mol. The Morgan fingerprint density at radius 3 is 2.89 bits per heavy atom. The van der Waals surface area contributed by atoms with E-state index in [-0.39, 0.29) is 16.5 Å². The number of carbonyl (C=O) groups excluding carboxylic acids is 1. The fourth-order valence-electron chi connectivity index (χ4n) is 1.32. The van der Waals surface area contributed by atoms with Crippen molar-refractivity contribution in [2.24, 2.45) is 0 Å². The molecule has 1 aromatic carbocycles. The van der Waals surface area contributed by atoms with E-state index in [1.165, 1.54) is 12.4 Å². The maximum atomic E-state index is 13.5. The van der Waals surface area contributed by atoms with Crippen LogP contribution in [0.3, 0.4) is 0 Å². The Hall–Kier alpha value is -2.14. The summed E-state index contributed by atoms with van der Waals surface area (Å²) in [5, 5.41) is 11.5. The van der Waals surface area contributed by atoms with Gasteiger partial charge in [0.15, 0.2) is 5.82 Å². The first kappa shape index (κ1) is 12.3. The van der Waals surface area contributed by atoms with Gasteiger partial charge in [0.25, 0.3) is 5.91 Å². The molecule has 0 radical (unpaired) electrons. The minimum absolute atomic E-state index is 0.0436. The number of phenolic OH excluding ortho intramolecular Hbond substituents is 1. The molecule has 0 fully saturated rings. The van der Waals surface area contributed by atoms with Gasteiger partial charge in [-0.2, -0.15) is 0 Å². The smallest absolute Gasteiger partial charge is 0.257 e. The summed E-state index contributed by atoms with van der Waals surface area (Å²) in [4.78, 5) is 15.5. The number of benzene rings is 1. The minimum atomic E-state index is -0.769. The highest BCUT2D eigenvalue weighted by Gasteiger charge is 2.12. The van der Waals surface area contributed by atoms with Crippen LogP contribution in [0, 0.1) is 5.82 Å². The van der Waals surface area contributed by atoms with Crippen LogP contribution in [0.4, 0.5) is 10.1 Å². The predicted molar refractivity (Wildman–Crippen MR) is 65.3 cm³/mol. The molecule has 1 heterocycles. The van der Waals surface area contributed by atoms with Crippen LogP contribution in [0.2, 0.25) is 5.02 Å². The monoisotopic (exact) mass is 266 g/mol. The highest BCUT2D eigenvalue weighted by molar-refractivity contribution is 6.32. The van der Waals surface area contributed by atoms with E-state index in [4.69, 9.17) is 11.6 Å². The molecule has 4 nitrogen and oxygen atoms in total. The topological polar surface area (TPSA) is 62.2 Å². The average molecular weight is 267 g/mol. The Kier molecular flexibility index (Phi) is 3.43. The second kappa shape index (κ2) is 5.01. The van der Waals surface area contributed by atoms with Gasteiger partial charge in [0.2, 0.25) is 0 Å². The average Bonchev–Trinajstić information content (AvgIpc) is 2.37. The lowest BCUT2D eigenvalue weighted by atomic mass is 10.2. The molecule has 1 amide bonds. The number of hydrogen-bond acceptors (Lipinski definition) is 3. The number of anilines is 1. The van der Waals surface area contributed by atoms with Gasteiger partial charge in [0, 0.05) is 18.5 Å². The summed E-state index contributed by atoms with van der Waals surface area (Å²) in [6.45, 7) is 0. The van der Waals surface area contributed by atoms with Crippen LogP contribution < -0.4 is 5.32 Å². The number of nitrogens with one attached hydrogen (secondary N) is 1. The van der Waals surface area contributed by atoms with E-state index in [2.05, 4.69) is 10.3 Å². The van der Waals surface area contributed by atoms with Crippen LogP contribution in [0.1, 0.15) is 10.4 Å². The standard InChI is InChI=1S/C12H8ClFN2O2/c13-8-4-10(9(14)5-11(8)17)16-12(18)7-2-1-3-15-6-7/h1-6,17H,(H,16,18). The first-order valence-electron chi connectivity index (χ1n) is 4.97. The number of aromatic nitrogens is 1. The third-order valence-electron chi connectivity index (χ3n) is 2.21. The van der Waals surface area contributed by atoms with E-state index < -0.39 is 11.7 Å². The molecule has 0 aliphatic carbocycles. The highest BCUT2D eigenvalue weighted by Crippen LogP contribution is 2.29. The zero-order chi connectivity index (χ0) is 13.1. The summed E-state index contributed by atoms with van der Waals surface area (Å²) in [7, 11) is 0. The maximum Gasteiger partial charge on any atom is 0.257 e. The third-order valence-corrected chi connectivity index (χ3v) is 2.51. The lowest BCUT2D eigenvalue weighted by Gasteiger charge is -2.07. The van der Waals surface area contributed by atoms with Crippen LogP contribution in [0.15, 0.2) is 36.7 Å². The molecule has 0 spiro atoms. The third kappa shape index (κ3) is 2.57. The van der Waals surface area contributed by atoms with E-state index in [1.807, 2.05) is 0 Å². The fraction of sp³-hybridized carbons (Fsp3) is 0. The number of rotatable bonds is 2. The van der Waals surface area contributed by atoms with Crippen molar-refractivity contribution in [3.05, 3.63) is 53.1 Å². The zero-order valence-electron chi connectivity index (χ0n) is 9.02. The van der Waals surface area contributed by atoms with Gasteiger partial charge in [-0.05, 0) is 18.2 Å². The largest absolute Gasteiger partial charge is 0.506 e. The number of amides is 1. The lowest BCUT2D eigenvalue weighted by Crippen LogP contribution is -2.13. The van der Waals surface area contributed by atoms with Crippen molar-refractivity contribution in [1.82, 2.24) is 4.98 Å². The Balaban J connectivity index is 2.25. The summed E-state index contributed by atoms with van der Waals surface area (Å²) in [5.74, 6) is -1.66. The number of hydrogen-bond donors (Lipinski definition) is 2. The van der Waals surface area contributed by atoms with E-state index in [0.717, 1.165) is 12.1 Å². The van der Waals surface area contributed by atoms with E-state index >= 15 is 0 Å². The molecule has 6 heteroatoms. The Morgan fingerprint density at radius 2 is 2.22 bits per heavy atom. The molecule has 0 saturated heterocycles. The van der Waals surface area contributed by atoms with Gasteiger partial charge in [0.1, 0.15) is 5.75 Å². The van der Waals surface area contributed by atoms with E-state index in [0.29, 0.717) is 5.56 Å². The molecule has 0 saturated carbocycles. The molecular formula is C12H8ClFN2O2. The maximum absolute atomic E-state index is 13.5. The van der Waals surface area contributed by atoms with Crippen molar-refractivity contribution in [2.45, 2.75) is 0 Å². The molecule has 0 aliphatic rings. The molecule has 0 aliphatic heterocycles. The highest BCUT2D eigenvalue weighted by atomic mass is 35.5. The predicted octanol–water partition coefficient (Wildman–Crippen LogP) is 2.83. The molecule has 2 N–H and O–H groups in total. The van der Waals surface area contributed by atoms with Gasteiger partial charge in [-0.3, -0.25) is 9.78 Å². The van der Waals surface area contributed by atoms with Gasteiger partial charge in [-0.1, -0.05) is 11.6 Å². The van der Waals surface area contributed by atoms with Gasteiger partial charge in [0.05, 0.1) is 16.3 Å².